The third-order valence-electron chi connectivity index (χ3n) is 2.71. The lowest BCUT2D eigenvalue weighted by atomic mass is 10.1. The van der Waals surface area contributed by atoms with E-state index in [0.717, 1.165) is 10.7 Å². The first-order chi connectivity index (χ1) is 8.52. The van der Waals surface area contributed by atoms with Gasteiger partial charge in [-0.2, -0.15) is 0 Å². The monoisotopic (exact) mass is 271 g/mol. The van der Waals surface area contributed by atoms with Crippen LogP contribution < -0.4 is 10.6 Å². The number of nitrogens with one attached hydrogen (secondary N) is 2. The van der Waals surface area contributed by atoms with Crippen LogP contribution in [0, 0.1) is 19.8 Å². The molecule has 6 heteroatoms. The smallest absolute Gasteiger partial charge is 0.315 e. The van der Waals surface area contributed by atoms with E-state index in [-0.39, 0.29) is 18.6 Å². The Morgan fingerprint density at radius 2 is 2.17 bits per heavy atom. The maximum Gasteiger partial charge on any atom is 0.315 e. The Balaban J connectivity index is 2.24. The van der Waals surface area contributed by atoms with Crippen LogP contribution in [0.15, 0.2) is 0 Å². The molecule has 1 heterocycles. The van der Waals surface area contributed by atoms with E-state index in [1.807, 2.05) is 20.8 Å². The van der Waals surface area contributed by atoms with Gasteiger partial charge in [-0.05, 0) is 26.2 Å². The molecule has 0 aliphatic heterocycles. The number of carbonyl (C=O) groups excluding carboxylic acids is 1. The predicted molar refractivity (Wildman–Crippen MR) is 72.7 cm³/mol. The highest BCUT2D eigenvalue weighted by Crippen LogP contribution is 2.15. The van der Waals surface area contributed by atoms with Crippen LogP contribution in [0.4, 0.5) is 4.79 Å². The van der Waals surface area contributed by atoms with Crippen LogP contribution >= 0.6 is 11.3 Å². The second-order valence-electron chi connectivity index (χ2n) is 4.43. The van der Waals surface area contributed by atoms with Gasteiger partial charge in [-0.15, -0.1) is 11.3 Å². The molecule has 102 valence electrons. The number of urea groups is 1. The molecule has 0 fully saturated rings. The van der Waals surface area contributed by atoms with Gasteiger partial charge in [0, 0.05) is 18.0 Å². The van der Waals surface area contributed by atoms with Crippen molar-refractivity contribution < 1.29 is 9.90 Å². The Bertz CT molecular complexity index is 373. The molecule has 1 rings (SSSR count). The van der Waals surface area contributed by atoms with Crippen molar-refractivity contribution in [1.82, 2.24) is 15.6 Å². The molecule has 1 aromatic heterocycles. The standard InChI is InChI=1S/C12H21N3O2S/c1-8(4-5-16)6-13-12(17)14-7-11-15-9(2)10(3)18-11/h8,16H,4-7H2,1-3H3,(H2,13,14,17). The molecule has 0 saturated carbocycles. The average molecular weight is 271 g/mol. The SMILES string of the molecule is Cc1nc(CNC(=O)NCC(C)CCO)sc1C. The van der Waals surface area contributed by atoms with Crippen molar-refractivity contribution in [2.75, 3.05) is 13.2 Å². The summed E-state index contributed by atoms with van der Waals surface area (Å²) in [6, 6.07) is -0.190. The summed E-state index contributed by atoms with van der Waals surface area (Å²) >= 11 is 1.60. The lowest BCUT2D eigenvalue weighted by molar-refractivity contribution is 0.233. The fourth-order valence-electron chi connectivity index (χ4n) is 1.42. The van der Waals surface area contributed by atoms with E-state index in [1.165, 1.54) is 4.88 Å². The summed E-state index contributed by atoms with van der Waals surface area (Å²) in [5, 5.41) is 15.2. The molecule has 0 bridgehead atoms. The van der Waals surface area contributed by atoms with E-state index < -0.39 is 0 Å². The van der Waals surface area contributed by atoms with E-state index in [9.17, 15) is 4.79 Å². The van der Waals surface area contributed by atoms with Gasteiger partial charge in [0.15, 0.2) is 0 Å². The summed E-state index contributed by atoms with van der Waals surface area (Å²) in [4.78, 5) is 17.0. The van der Waals surface area contributed by atoms with Gasteiger partial charge in [0.1, 0.15) is 5.01 Å². The molecule has 18 heavy (non-hydrogen) atoms. The molecule has 0 radical (unpaired) electrons. The number of amides is 2. The molecule has 1 unspecified atom stereocenters. The zero-order valence-corrected chi connectivity index (χ0v) is 11.9. The zero-order chi connectivity index (χ0) is 13.5. The van der Waals surface area contributed by atoms with E-state index >= 15 is 0 Å². The molecular formula is C12H21N3O2S. The summed E-state index contributed by atoms with van der Waals surface area (Å²) in [6.07, 6.45) is 0.700. The Hall–Kier alpha value is -1.14. The normalized spacial score (nSPS) is 12.2. The highest BCUT2D eigenvalue weighted by atomic mass is 32.1. The Morgan fingerprint density at radius 1 is 1.44 bits per heavy atom. The number of aryl methyl sites for hydroxylation is 2. The second-order valence-corrected chi connectivity index (χ2v) is 5.72. The maximum atomic E-state index is 11.5. The molecule has 0 aromatic carbocycles. The Morgan fingerprint density at radius 3 is 2.72 bits per heavy atom. The van der Waals surface area contributed by atoms with E-state index in [2.05, 4.69) is 15.6 Å². The van der Waals surface area contributed by atoms with Crippen LogP contribution in [0.5, 0.6) is 0 Å². The average Bonchev–Trinajstić information content (AvgIpc) is 2.64. The van der Waals surface area contributed by atoms with Gasteiger partial charge in [0.2, 0.25) is 0 Å². The Kier molecular flexibility index (Phi) is 6.07. The molecular weight excluding hydrogens is 250 g/mol. The largest absolute Gasteiger partial charge is 0.396 e. The first-order valence-electron chi connectivity index (χ1n) is 6.08. The number of aliphatic hydroxyl groups excluding tert-OH is 1. The fourth-order valence-corrected chi connectivity index (χ4v) is 2.30. The number of thiazole rings is 1. The van der Waals surface area contributed by atoms with Crippen molar-refractivity contribution in [1.29, 1.82) is 0 Å². The molecule has 0 aliphatic rings. The number of nitrogens with zero attached hydrogens (tertiary/aromatic N) is 1. The van der Waals surface area contributed by atoms with Crippen molar-refractivity contribution in [3.8, 4) is 0 Å². The summed E-state index contributed by atoms with van der Waals surface area (Å²) in [7, 11) is 0. The quantitative estimate of drug-likeness (QED) is 0.735. The molecule has 0 saturated heterocycles. The van der Waals surface area contributed by atoms with Gasteiger partial charge < -0.3 is 15.7 Å². The lowest BCUT2D eigenvalue weighted by Crippen LogP contribution is -2.37. The molecule has 1 aromatic rings. The van der Waals surface area contributed by atoms with Crippen LogP contribution in [0.3, 0.4) is 0 Å². The molecule has 0 aliphatic carbocycles. The third kappa shape index (κ3) is 5.01. The number of aromatic nitrogens is 1. The topological polar surface area (TPSA) is 74.2 Å². The van der Waals surface area contributed by atoms with Crippen LogP contribution in [0.25, 0.3) is 0 Å². The zero-order valence-electron chi connectivity index (χ0n) is 11.1. The van der Waals surface area contributed by atoms with Crippen LogP contribution in [-0.4, -0.2) is 29.3 Å². The van der Waals surface area contributed by atoms with Crippen LogP contribution in [-0.2, 0) is 6.54 Å². The number of rotatable bonds is 6. The van der Waals surface area contributed by atoms with E-state index in [1.54, 1.807) is 11.3 Å². The minimum atomic E-state index is -0.190. The highest BCUT2D eigenvalue weighted by molar-refractivity contribution is 7.11. The fraction of sp³-hybridized carbons (Fsp3) is 0.667. The Labute approximate surface area is 112 Å². The van der Waals surface area contributed by atoms with Gasteiger partial charge in [-0.1, -0.05) is 6.92 Å². The van der Waals surface area contributed by atoms with Gasteiger partial charge in [-0.3, -0.25) is 0 Å². The first-order valence-corrected chi connectivity index (χ1v) is 6.90. The number of hydrogen-bond donors (Lipinski definition) is 3. The van der Waals surface area contributed by atoms with Gasteiger partial charge >= 0.3 is 6.03 Å². The van der Waals surface area contributed by atoms with Gasteiger partial charge in [0.05, 0.1) is 12.2 Å². The molecule has 5 nitrogen and oxygen atoms in total. The van der Waals surface area contributed by atoms with Crippen molar-refractivity contribution >= 4 is 17.4 Å². The van der Waals surface area contributed by atoms with Crippen molar-refractivity contribution in [2.24, 2.45) is 5.92 Å². The molecule has 1 atom stereocenters. The van der Waals surface area contributed by atoms with Crippen LogP contribution in [0.2, 0.25) is 0 Å². The number of aliphatic hydroxyl groups is 1. The summed E-state index contributed by atoms with van der Waals surface area (Å²) in [6.45, 7) is 7.16. The first kappa shape index (κ1) is 14.9. The molecule has 3 N–H and O–H groups in total. The third-order valence-corrected chi connectivity index (χ3v) is 3.78. The van der Waals surface area contributed by atoms with Gasteiger partial charge in [-0.25, -0.2) is 9.78 Å². The van der Waals surface area contributed by atoms with Crippen molar-refractivity contribution in [3.63, 3.8) is 0 Å². The number of carbonyl (C=O) groups is 1. The summed E-state index contributed by atoms with van der Waals surface area (Å²) in [5.74, 6) is 0.283. The van der Waals surface area contributed by atoms with Crippen molar-refractivity contribution in [2.45, 2.75) is 33.7 Å². The summed E-state index contributed by atoms with van der Waals surface area (Å²) in [5.41, 5.74) is 1.02. The van der Waals surface area contributed by atoms with Crippen LogP contribution in [0.1, 0.15) is 28.9 Å². The summed E-state index contributed by atoms with van der Waals surface area (Å²) < 4.78 is 0. The molecule has 0 spiro atoms. The van der Waals surface area contributed by atoms with E-state index in [4.69, 9.17) is 5.11 Å². The molecule has 2 amide bonds. The van der Waals surface area contributed by atoms with Crippen molar-refractivity contribution in [3.05, 3.63) is 15.6 Å². The lowest BCUT2D eigenvalue weighted by Gasteiger charge is -2.11. The minimum Gasteiger partial charge on any atom is -0.396 e. The highest BCUT2D eigenvalue weighted by Gasteiger charge is 2.07. The number of hydrogen-bond acceptors (Lipinski definition) is 4. The second kappa shape index (κ2) is 7.33. The predicted octanol–water partition coefficient (Wildman–Crippen LogP) is 1.58. The van der Waals surface area contributed by atoms with Gasteiger partial charge in [0.25, 0.3) is 0 Å². The minimum absolute atomic E-state index is 0.155. The maximum absolute atomic E-state index is 11.5. The van der Waals surface area contributed by atoms with E-state index in [0.29, 0.717) is 19.5 Å².